The van der Waals surface area contributed by atoms with E-state index in [0.29, 0.717) is 0 Å². The summed E-state index contributed by atoms with van der Waals surface area (Å²) in [4.78, 5) is 1.35. The van der Waals surface area contributed by atoms with E-state index in [4.69, 9.17) is 0 Å². The molecule has 0 bridgehead atoms. The van der Waals surface area contributed by atoms with Crippen molar-refractivity contribution < 1.29 is 0 Å². The first kappa shape index (κ1) is 9.74. The van der Waals surface area contributed by atoms with Gasteiger partial charge in [-0.3, -0.25) is 0 Å². The molecule has 0 nitrogen and oxygen atoms in total. The van der Waals surface area contributed by atoms with Crippen LogP contribution >= 0.6 is 49.9 Å². The maximum atomic E-state index is 3.42. The molecule has 11 heavy (non-hydrogen) atoms. The van der Waals surface area contributed by atoms with E-state index in [0.717, 1.165) is 0 Å². The number of hydrogen-bond acceptors (Lipinski definition) is 1. The fourth-order valence-corrected chi connectivity index (χ4v) is 3.24. The van der Waals surface area contributed by atoms with E-state index in [1.165, 1.54) is 17.8 Å². The van der Waals surface area contributed by atoms with Crippen molar-refractivity contribution in [2.45, 2.75) is 13.8 Å². The molecule has 0 N–H and O–H groups in total. The molecule has 0 atom stereocenters. The highest BCUT2D eigenvalue weighted by Crippen LogP contribution is 2.26. The van der Waals surface area contributed by atoms with Crippen molar-refractivity contribution in [2.75, 3.05) is 0 Å². The Labute approximate surface area is 93.0 Å². The molecule has 0 saturated heterocycles. The van der Waals surface area contributed by atoms with Crippen LogP contribution < -0.4 is 0 Å². The molecule has 60 valence electrons. The summed E-state index contributed by atoms with van der Waals surface area (Å²) < 4.78 is 2.53. The molecule has 0 fully saturated rings. The highest BCUT2D eigenvalue weighted by Gasteiger charge is 1.99. The lowest BCUT2D eigenvalue weighted by molar-refractivity contribution is 1.52. The van der Waals surface area contributed by atoms with Crippen LogP contribution in [-0.4, -0.2) is 0 Å². The third-order valence-electron chi connectivity index (χ3n) is 1.26. The first-order chi connectivity index (χ1) is 5.09. The van der Waals surface area contributed by atoms with E-state index in [2.05, 4.69) is 57.6 Å². The summed E-state index contributed by atoms with van der Waals surface area (Å²) in [5.41, 5.74) is 1.36. The Balaban J connectivity index is 3.04. The zero-order chi connectivity index (χ0) is 8.43. The van der Waals surface area contributed by atoms with Gasteiger partial charge in [-0.15, -0.1) is 11.3 Å². The Kier molecular flexibility index (Phi) is 3.58. The standard InChI is InChI=1S/C8H8BrIS/c1-5-3-8(10)11-7(5)4-6(2)9/h3-4H,1-2H3/b6-4+. The second kappa shape index (κ2) is 4.05. The third-order valence-corrected chi connectivity index (χ3v) is 3.43. The molecule has 0 radical (unpaired) electrons. The second-order valence-electron chi connectivity index (χ2n) is 2.33. The van der Waals surface area contributed by atoms with Crippen LogP contribution in [0.4, 0.5) is 0 Å². The molecule has 1 aromatic heterocycles. The molecule has 0 unspecified atom stereocenters. The Bertz CT molecular complexity index is 284. The topological polar surface area (TPSA) is 0 Å². The highest BCUT2D eigenvalue weighted by atomic mass is 127. The van der Waals surface area contributed by atoms with Gasteiger partial charge in [-0.1, -0.05) is 15.9 Å². The molecule has 0 aromatic carbocycles. The Morgan fingerprint density at radius 1 is 1.73 bits per heavy atom. The van der Waals surface area contributed by atoms with E-state index >= 15 is 0 Å². The fourth-order valence-electron chi connectivity index (χ4n) is 0.780. The first-order valence-electron chi connectivity index (χ1n) is 3.19. The molecule has 1 rings (SSSR count). The smallest absolute Gasteiger partial charge is 0.0662 e. The lowest BCUT2D eigenvalue weighted by Gasteiger charge is -1.88. The van der Waals surface area contributed by atoms with E-state index in [-0.39, 0.29) is 0 Å². The number of hydrogen-bond donors (Lipinski definition) is 0. The summed E-state index contributed by atoms with van der Waals surface area (Å²) in [7, 11) is 0. The SMILES string of the molecule is C/C(Br)=C\c1sc(I)cc1C. The Hall–Kier alpha value is 0.650. The summed E-state index contributed by atoms with van der Waals surface area (Å²) >= 11 is 7.59. The second-order valence-corrected chi connectivity index (χ2v) is 6.56. The van der Waals surface area contributed by atoms with E-state index in [1.54, 1.807) is 0 Å². The van der Waals surface area contributed by atoms with Crippen LogP contribution in [0, 0.1) is 9.81 Å². The van der Waals surface area contributed by atoms with Crippen molar-refractivity contribution in [3.8, 4) is 0 Å². The molecule has 0 aliphatic rings. The van der Waals surface area contributed by atoms with Crippen molar-refractivity contribution >= 4 is 55.9 Å². The molecule has 0 saturated carbocycles. The van der Waals surface area contributed by atoms with Crippen LogP contribution in [0.1, 0.15) is 17.4 Å². The van der Waals surface area contributed by atoms with Crippen LogP contribution in [0.15, 0.2) is 10.5 Å². The first-order valence-corrected chi connectivity index (χ1v) is 5.88. The van der Waals surface area contributed by atoms with Crippen LogP contribution in [-0.2, 0) is 0 Å². The summed E-state index contributed by atoms with van der Waals surface area (Å²) in [6.07, 6.45) is 2.15. The normalized spacial score (nSPS) is 12.2. The lowest BCUT2D eigenvalue weighted by atomic mass is 10.3. The van der Waals surface area contributed by atoms with Crippen LogP contribution in [0.2, 0.25) is 0 Å². The summed E-state index contributed by atoms with van der Waals surface area (Å²) in [5.74, 6) is 0. The largest absolute Gasteiger partial charge is 0.130 e. The van der Waals surface area contributed by atoms with Crippen molar-refractivity contribution in [3.05, 3.63) is 23.9 Å². The van der Waals surface area contributed by atoms with E-state index in [1.807, 2.05) is 18.3 Å². The molecule has 1 heterocycles. The van der Waals surface area contributed by atoms with Gasteiger partial charge in [0.25, 0.3) is 0 Å². The van der Waals surface area contributed by atoms with Gasteiger partial charge < -0.3 is 0 Å². The Morgan fingerprint density at radius 2 is 2.36 bits per heavy atom. The number of aryl methyl sites for hydroxylation is 1. The number of rotatable bonds is 1. The molecule has 1 aromatic rings. The molecule has 0 spiro atoms. The van der Waals surface area contributed by atoms with Gasteiger partial charge in [-0.05, 0) is 58.6 Å². The minimum Gasteiger partial charge on any atom is -0.130 e. The Morgan fingerprint density at radius 3 is 2.73 bits per heavy atom. The molecule has 0 aliphatic carbocycles. The maximum absolute atomic E-state index is 3.42. The van der Waals surface area contributed by atoms with Gasteiger partial charge in [0.2, 0.25) is 0 Å². The van der Waals surface area contributed by atoms with Crippen LogP contribution in [0.3, 0.4) is 0 Å². The van der Waals surface area contributed by atoms with Gasteiger partial charge in [-0.25, -0.2) is 0 Å². The van der Waals surface area contributed by atoms with Crippen molar-refractivity contribution in [1.29, 1.82) is 0 Å². The minimum absolute atomic E-state index is 1.18. The van der Waals surface area contributed by atoms with E-state index in [9.17, 15) is 0 Å². The summed E-state index contributed by atoms with van der Waals surface area (Å²) in [6.45, 7) is 4.19. The third kappa shape index (κ3) is 2.87. The number of thiophene rings is 1. The summed E-state index contributed by atoms with van der Waals surface area (Å²) in [6, 6.07) is 2.20. The predicted octanol–water partition coefficient (Wildman–Crippen LogP) is 4.42. The molecule has 0 amide bonds. The highest BCUT2D eigenvalue weighted by molar-refractivity contribution is 14.1. The molecular weight excluding hydrogens is 335 g/mol. The zero-order valence-corrected chi connectivity index (χ0v) is 10.9. The maximum Gasteiger partial charge on any atom is 0.0662 e. The molecule has 0 aliphatic heterocycles. The van der Waals surface area contributed by atoms with Crippen LogP contribution in [0.5, 0.6) is 0 Å². The lowest BCUT2D eigenvalue weighted by Crippen LogP contribution is -1.67. The number of halogens is 2. The quantitative estimate of drug-likeness (QED) is 0.663. The minimum atomic E-state index is 1.18. The van der Waals surface area contributed by atoms with Crippen molar-refractivity contribution in [3.63, 3.8) is 0 Å². The average Bonchev–Trinajstić information content (AvgIpc) is 2.09. The van der Waals surface area contributed by atoms with Crippen molar-refractivity contribution in [1.82, 2.24) is 0 Å². The zero-order valence-electron chi connectivity index (χ0n) is 6.32. The van der Waals surface area contributed by atoms with Crippen LogP contribution in [0.25, 0.3) is 6.08 Å². The van der Waals surface area contributed by atoms with Crippen molar-refractivity contribution in [2.24, 2.45) is 0 Å². The monoisotopic (exact) mass is 342 g/mol. The molecular formula is C8H8BrIS. The van der Waals surface area contributed by atoms with Gasteiger partial charge in [0, 0.05) is 4.88 Å². The average molecular weight is 343 g/mol. The molecule has 3 heteroatoms. The number of allylic oxidation sites excluding steroid dienone is 1. The fraction of sp³-hybridized carbons (Fsp3) is 0.250. The van der Waals surface area contributed by atoms with E-state index < -0.39 is 0 Å². The van der Waals surface area contributed by atoms with Gasteiger partial charge in [0.15, 0.2) is 0 Å². The van der Waals surface area contributed by atoms with Gasteiger partial charge in [0.1, 0.15) is 0 Å². The van der Waals surface area contributed by atoms with Gasteiger partial charge in [0.05, 0.1) is 2.88 Å². The predicted molar refractivity (Wildman–Crippen MR) is 64.4 cm³/mol. The van der Waals surface area contributed by atoms with Gasteiger partial charge in [-0.2, -0.15) is 0 Å². The summed E-state index contributed by atoms with van der Waals surface area (Å²) in [5, 5.41) is 0. The van der Waals surface area contributed by atoms with Gasteiger partial charge >= 0.3 is 0 Å².